The van der Waals surface area contributed by atoms with Crippen molar-refractivity contribution in [2.75, 3.05) is 0 Å². The van der Waals surface area contributed by atoms with Crippen LogP contribution < -0.4 is 0 Å². The van der Waals surface area contributed by atoms with Crippen molar-refractivity contribution in [1.82, 2.24) is 0 Å². The first-order chi connectivity index (χ1) is 7.47. The molecule has 0 bridgehead atoms. The second kappa shape index (κ2) is 5.80. The maximum absolute atomic E-state index is 9.65. The van der Waals surface area contributed by atoms with Crippen molar-refractivity contribution in [3.05, 3.63) is 12.2 Å². The van der Waals surface area contributed by atoms with Crippen LogP contribution in [0.5, 0.6) is 0 Å². The van der Waals surface area contributed by atoms with E-state index in [1.807, 2.05) is 33.8 Å². The predicted molar refractivity (Wildman–Crippen MR) is 64.0 cm³/mol. The molecule has 0 aromatic carbocycles. The zero-order valence-electron chi connectivity index (χ0n) is 10.9. The van der Waals surface area contributed by atoms with E-state index in [1.165, 1.54) is 0 Å². The van der Waals surface area contributed by atoms with E-state index in [0.717, 1.165) is 0 Å². The van der Waals surface area contributed by atoms with E-state index in [9.17, 15) is 5.11 Å². The lowest BCUT2D eigenvalue weighted by Crippen LogP contribution is -2.48. The molecule has 0 aliphatic carbocycles. The summed E-state index contributed by atoms with van der Waals surface area (Å²) >= 11 is 0. The third kappa shape index (κ3) is 3.06. The minimum Gasteiger partial charge on any atom is -0.393 e. The fourth-order valence-corrected chi connectivity index (χ4v) is 2.20. The lowest BCUT2D eigenvalue weighted by molar-refractivity contribution is -0.261. The van der Waals surface area contributed by atoms with E-state index < -0.39 is 0 Å². The molecule has 3 heteroatoms. The highest BCUT2D eigenvalue weighted by atomic mass is 16.7. The van der Waals surface area contributed by atoms with Gasteiger partial charge in [-0.15, -0.1) is 0 Å². The van der Waals surface area contributed by atoms with Gasteiger partial charge in [-0.2, -0.15) is 0 Å². The van der Waals surface area contributed by atoms with E-state index in [4.69, 9.17) is 9.47 Å². The van der Waals surface area contributed by atoms with E-state index >= 15 is 0 Å². The zero-order valence-corrected chi connectivity index (χ0v) is 10.9. The molecule has 1 aliphatic heterocycles. The van der Waals surface area contributed by atoms with E-state index in [2.05, 4.69) is 13.0 Å². The molecule has 1 aliphatic rings. The van der Waals surface area contributed by atoms with Crippen LogP contribution in [0.4, 0.5) is 0 Å². The van der Waals surface area contributed by atoms with Crippen LogP contribution in [0, 0.1) is 11.8 Å². The summed E-state index contributed by atoms with van der Waals surface area (Å²) in [7, 11) is 0. The van der Waals surface area contributed by atoms with Crippen LogP contribution >= 0.6 is 0 Å². The monoisotopic (exact) mass is 228 g/mol. The van der Waals surface area contributed by atoms with Crippen LogP contribution in [0.2, 0.25) is 0 Å². The summed E-state index contributed by atoms with van der Waals surface area (Å²) in [5.74, 6) is 0.381. The molecule has 0 spiro atoms. The molecule has 1 fully saturated rings. The average Bonchev–Trinajstić information content (AvgIpc) is 2.22. The van der Waals surface area contributed by atoms with Crippen LogP contribution in [-0.2, 0) is 9.47 Å². The average molecular weight is 228 g/mol. The Bertz CT molecular complexity index is 237. The molecule has 6 atom stereocenters. The predicted octanol–water partition coefficient (Wildman–Crippen LogP) is 2.35. The molecular formula is C13H24O3. The Kier molecular flexibility index (Phi) is 4.96. The highest BCUT2D eigenvalue weighted by Gasteiger charge is 2.38. The van der Waals surface area contributed by atoms with Gasteiger partial charge in [-0.1, -0.05) is 26.0 Å². The zero-order chi connectivity index (χ0) is 12.3. The number of aliphatic hydroxyl groups is 1. The number of allylic oxidation sites excluding steroid dienone is 1. The Morgan fingerprint density at radius 1 is 1.19 bits per heavy atom. The standard InChI is InChI=1S/C13H24O3/c1-6-7-12-9(3)13(8(2)10(4)14)16-11(5)15-12/h6-14H,1-5H3/b7-6+/t8-,9-,10+,11?,12-,13-/m0/s1. The van der Waals surface area contributed by atoms with Gasteiger partial charge in [0.05, 0.1) is 18.3 Å². The Morgan fingerprint density at radius 2 is 1.81 bits per heavy atom. The van der Waals surface area contributed by atoms with E-state index in [0.29, 0.717) is 0 Å². The molecule has 1 N–H and O–H groups in total. The number of rotatable bonds is 3. The van der Waals surface area contributed by atoms with Crippen LogP contribution in [0.15, 0.2) is 12.2 Å². The Morgan fingerprint density at radius 3 is 2.31 bits per heavy atom. The van der Waals surface area contributed by atoms with Gasteiger partial charge in [-0.25, -0.2) is 0 Å². The second-order valence-electron chi connectivity index (χ2n) is 4.75. The number of hydrogen-bond donors (Lipinski definition) is 1. The van der Waals surface area contributed by atoms with Crippen molar-refractivity contribution in [3.63, 3.8) is 0 Å². The quantitative estimate of drug-likeness (QED) is 0.754. The first kappa shape index (κ1) is 13.7. The van der Waals surface area contributed by atoms with Gasteiger partial charge in [0, 0.05) is 11.8 Å². The van der Waals surface area contributed by atoms with Crippen LogP contribution in [0.1, 0.15) is 34.6 Å². The largest absolute Gasteiger partial charge is 0.393 e. The van der Waals surface area contributed by atoms with Crippen molar-refractivity contribution in [2.24, 2.45) is 11.8 Å². The molecule has 1 rings (SSSR count). The SMILES string of the molecule is C/C=C/[C@@H]1OC(C)O[C@@H]([C@@H](C)[C@@H](C)O)[C@H]1C. The lowest BCUT2D eigenvalue weighted by Gasteiger charge is -2.41. The molecule has 0 aromatic rings. The van der Waals surface area contributed by atoms with E-state index in [-0.39, 0.29) is 36.4 Å². The van der Waals surface area contributed by atoms with Gasteiger partial charge >= 0.3 is 0 Å². The lowest BCUT2D eigenvalue weighted by atomic mass is 9.85. The van der Waals surface area contributed by atoms with Gasteiger partial charge in [0.15, 0.2) is 6.29 Å². The Hall–Kier alpha value is -0.380. The van der Waals surface area contributed by atoms with Gasteiger partial charge in [0.1, 0.15) is 0 Å². The van der Waals surface area contributed by atoms with E-state index in [1.54, 1.807) is 0 Å². The summed E-state index contributed by atoms with van der Waals surface area (Å²) in [6.07, 6.45) is 3.63. The van der Waals surface area contributed by atoms with Crippen LogP contribution in [-0.4, -0.2) is 29.7 Å². The van der Waals surface area contributed by atoms with Crippen molar-refractivity contribution < 1.29 is 14.6 Å². The normalized spacial score (nSPS) is 39.9. The van der Waals surface area contributed by atoms with Gasteiger partial charge in [0.2, 0.25) is 0 Å². The van der Waals surface area contributed by atoms with Crippen molar-refractivity contribution >= 4 is 0 Å². The summed E-state index contributed by atoms with van der Waals surface area (Å²) in [4.78, 5) is 0. The molecule has 1 saturated heterocycles. The molecule has 0 radical (unpaired) electrons. The summed E-state index contributed by atoms with van der Waals surface area (Å²) in [6, 6.07) is 0. The molecule has 1 heterocycles. The third-order valence-electron chi connectivity index (χ3n) is 3.40. The molecule has 16 heavy (non-hydrogen) atoms. The minimum absolute atomic E-state index is 0.0462. The van der Waals surface area contributed by atoms with Crippen molar-refractivity contribution in [1.29, 1.82) is 0 Å². The molecule has 0 saturated carbocycles. The number of ether oxygens (including phenoxy) is 2. The van der Waals surface area contributed by atoms with Crippen molar-refractivity contribution in [2.45, 2.75) is 59.2 Å². The second-order valence-corrected chi connectivity index (χ2v) is 4.75. The van der Waals surface area contributed by atoms with Gasteiger partial charge in [-0.3, -0.25) is 0 Å². The van der Waals surface area contributed by atoms with Crippen molar-refractivity contribution in [3.8, 4) is 0 Å². The summed E-state index contributed by atoms with van der Waals surface area (Å²) in [5.41, 5.74) is 0. The third-order valence-corrected chi connectivity index (χ3v) is 3.40. The molecule has 94 valence electrons. The topological polar surface area (TPSA) is 38.7 Å². The maximum Gasteiger partial charge on any atom is 0.156 e. The summed E-state index contributed by atoms with van der Waals surface area (Å²) in [6.45, 7) is 9.84. The first-order valence-corrected chi connectivity index (χ1v) is 6.09. The fourth-order valence-electron chi connectivity index (χ4n) is 2.20. The molecule has 3 nitrogen and oxygen atoms in total. The summed E-state index contributed by atoms with van der Waals surface area (Å²) in [5, 5.41) is 9.65. The highest BCUT2D eigenvalue weighted by Crippen LogP contribution is 2.31. The number of aliphatic hydroxyl groups excluding tert-OH is 1. The minimum atomic E-state index is -0.357. The molecular weight excluding hydrogens is 204 g/mol. The number of hydrogen-bond acceptors (Lipinski definition) is 3. The molecule has 1 unspecified atom stereocenters. The Labute approximate surface area is 98.4 Å². The smallest absolute Gasteiger partial charge is 0.156 e. The summed E-state index contributed by atoms with van der Waals surface area (Å²) < 4.78 is 11.5. The van der Waals surface area contributed by atoms with Crippen LogP contribution in [0.25, 0.3) is 0 Å². The van der Waals surface area contributed by atoms with Gasteiger partial charge in [0.25, 0.3) is 0 Å². The molecule has 0 amide bonds. The molecule has 0 aromatic heterocycles. The first-order valence-electron chi connectivity index (χ1n) is 6.09. The van der Waals surface area contributed by atoms with Gasteiger partial charge < -0.3 is 14.6 Å². The maximum atomic E-state index is 9.65. The van der Waals surface area contributed by atoms with Gasteiger partial charge in [-0.05, 0) is 20.8 Å². The highest BCUT2D eigenvalue weighted by molar-refractivity contribution is 4.95. The Balaban J connectivity index is 2.76. The fraction of sp³-hybridized carbons (Fsp3) is 0.846. The van der Waals surface area contributed by atoms with Crippen LogP contribution in [0.3, 0.4) is 0 Å².